The maximum Gasteiger partial charge on any atom is 0.262 e. The molecule has 1 aromatic heterocycles. The van der Waals surface area contributed by atoms with E-state index in [9.17, 15) is 14.7 Å². The second-order valence-corrected chi connectivity index (χ2v) is 5.11. The molecule has 0 radical (unpaired) electrons. The van der Waals surface area contributed by atoms with Crippen molar-refractivity contribution in [2.45, 2.75) is 6.61 Å². The Kier molecular flexibility index (Phi) is 3.95. The van der Waals surface area contributed by atoms with Crippen molar-refractivity contribution in [2.75, 3.05) is 7.11 Å². The molecule has 3 aromatic rings. The molecule has 0 bridgehead atoms. The number of rotatable bonds is 4. The maximum atomic E-state index is 12.7. The first-order valence-corrected chi connectivity index (χ1v) is 7.06. The molecule has 0 atom stereocenters. The van der Waals surface area contributed by atoms with Gasteiger partial charge in [-0.3, -0.25) is 14.2 Å². The first kappa shape index (κ1) is 15.0. The van der Waals surface area contributed by atoms with Gasteiger partial charge < -0.3 is 9.84 Å². The zero-order valence-electron chi connectivity index (χ0n) is 12.5. The molecule has 0 saturated heterocycles. The summed E-state index contributed by atoms with van der Waals surface area (Å²) in [4.78, 5) is 23.6. The fourth-order valence-corrected chi connectivity index (χ4v) is 2.55. The van der Waals surface area contributed by atoms with Crippen molar-refractivity contribution in [1.82, 2.24) is 4.57 Å². The topological polar surface area (TPSA) is 68.5 Å². The quantitative estimate of drug-likeness (QED) is 0.751. The summed E-state index contributed by atoms with van der Waals surface area (Å²) in [5.41, 5.74) is 1.63. The van der Waals surface area contributed by atoms with E-state index < -0.39 is 0 Å². The number of benzene rings is 2. The van der Waals surface area contributed by atoms with Gasteiger partial charge in [-0.15, -0.1) is 0 Å². The summed E-state index contributed by atoms with van der Waals surface area (Å²) in [5.74, 6) is 0.417. The number of pyridine rings is 1. The maximum absolute atomic E-state index is 12.7. The van der Waals surface area contributed by atoms with E-state index in [0.29, 0.717) is 28.7 Å². The Bertz CT molecular complexity index is 943. The summed E-state index contributed by atoms with van der Waals surface area (Å²) in [6.45, 7) is -0.0661. The van der Waals surface area contributed by atoms with Crippen LogP contribution in [0.25, 0.3) is 16.5 Å². The van der Waals surface area contributed by atoms with Crippen LogP contribution in [0.4, 0.5) is 0 Å². The van der Waals surface area contributed by atoms with Crippen LogP contribution in [0.5, 0.6) is 5.75 Å². The standard InChI is InChI=1S/C18H15NO4/c1-23-17-9-15(4-3-14(17)11-21)19-7-6-13-8-12(10-20)2-5-16(13)18(19)22/h2-9,11,20H,10H2,1H3. The fourth-order valence-electron chi connectivity index (χ4n) is 2.55. The third-order valence-corrected chi connectivity index (χ3v) is 3.77. The Morgan fingerprint density at radius 1 is 1.17 bits per heavy atom. The van der Waals surface area contributed by atoms with Gasteiger partial charge >= 0.3 is 0 Å². The third-order valence-electron chi connectivity index (χ3n) is 3.77. The summed E-state index contributed by atoms with van der Waals surface area (Å²) < 4.78 is 6.68. The molecule has 0 aliphatic rings. The number of carbonyl (C=O) groups excluding carboxylic acids is 1. The molecule has 5 heteroatoms. The largest absolute Gasteiger partial charge is 0.496 e. The Morgan fingerprint density at radius 3 is 2.70 bits per heavy atom. The van der Waals surface area contributed by atoms with Crippen LogP contribution in [0.15, 0.2) is 53.5 Å². The van der Waals surface area contributed by atoms with Gasteiger partial charge in [0, 0.05) is 17.6 Å². The number of ether oxygens (including phenoxy) is 1. The molecule has 5 nitrogen and oxygen atoms in total. The van der Waals surface area contributed by atoms with E-state index in [4.69, 9.17) is 4.74 Å². The molecule has 1 N–H and O–H groups in total. The summed E-state index contributed by atoms with van der Waals surface area (Å²) in [6.07, 6.45) is 2.38. The lowest BCUT2D eigenvalue weighted by molar-refractivity contribution is 0.112. The molecule has 116 valence electrons. The number of hydrogen-bond donors (Lipinski definition) is 1. The van der Waals surface area contributed by atoms with Crippen molar-refractivity contribution in [3.63, 3.8) is 0 Å². The SMILES string of the molecule is COc1cc(-n2ccc3cc(CO)ccc3c2=O)ccc1C=O. The van der Waals surface area contributed by atoms with Gasteiger partial charge in [0.2, 0.25) is 0 Å². The van der Waals surface area contributed by atoms with E-state index in [1.807, 2.05) is 6.07 Å². The average Bonchev–Trinajstić information content (AvgIpc) is 2.61. The summed E-state index contributed by atoms with van der Waals surface area (Å²) in [6, 6.07) is 12.0. The first-order valence-electron chi connectivity index (χ1n) is 7.06. The molecule has 0 spiro atoms. The second kappa shape index (κ2) is 6.06. The number of carbonyl (C=O) groups is 1. The number of methoxy groups -OCH3 is 1. The minimum Gasteiger partial charge on any atom is -0.496 e. The Balaban J connectivity index is 2.19. The smallest absolute Gasteiger partial charge is 0.262 e. The van der Waals surface area contributed by atoms with Crippen molar-refractivity contribution in [3.8, 4) is 11.4 Å². The molecule has 0 aliphatic carbocycles. The monoisotopic (exact) mass is 309 g/mol. The zero-order valence-corrected chi connectivity index (χ0v) is 12.5. The molecule has 1 heterocycles. The van der Waals surface area contributed by atoms with Gasteiger partial charge in [-0.1, -0.05) is 6.07 Å². The number of hydrogen-bond acceptors (Lipinski definition) is 4. The molecule has 0 saturated carbocycles. The van der Waals surface area contributed by atoms with Crippen LogP contribution in [0.1, 0.15) is 15.9 Å². The third kappa shape index (κ3) is 2.62. The second-order valence-electron chi connectivity index (χ2n) is 5.11. The summed E-state index contributed by atoms with van der Waals surface area (Å²) >= 11 is 0. The Labute approximate surface area is 132 Å². The van der Waals surface area contributed by atoms with Gasteiger partial charge in [0.1, 0.15) is 5.75 Å². The van der Waals surface area contributed by atoms with Crippen LogP contribution in [0.2, 0.25) is 0 Å². The predicted octanol–water partition coefficient (Wildman–Crippen LogP) is 2.30. The van der Waals surface area contributed by atoms with Crippen LogP contribution in [0, 0.1) is 0 Å². The van der Waals surface area contributed by atoms with Crippen molar-refractivity contribution in [3.05, 3.63) is 70.1 Å². The van der Waals surface area contributed by atoms with Crippen LogP contribution < -0.4 is 10.3 Å². The van der Waals surface area contributed by atoms with Crippen LogP contribution in [-0.2, 0) is 6.61 Å². The highest BCUT2D eigenvalue weighted by atomic mass is 16.5. The number of nitrogens with zero attached hydrogens (tertiary/aromatic N) is 1. The van der Waals surface area contributed by atoms with E-state index in [-0.39, 0.29) is 12.2 Å². The van der Waals surface area contributed by atoms with Gasteiger partial charge in [0.15, 0.2) is 6.29 Å². The molecule has 0 aliphatic heterocycles. The minimum atomic E-state index is -0.173. The van der Waals surface area contributed by atoms with E-state index in [1.165, 1.54) is 11.7 Å². The molecule has 3 rings (SSSR count). The highest BCUT2D eigenvalue weighted by Gasteiger charge is 2.08. The minimum absolute atomic E-state index is 0.0661. The number of fused-ring (bicyclic) bond motifs is 1. The number of aromatic nitrogens is 1. The fraction of sp³-hybridized carbons (Fsp3) is 0.111. The summed E-state index contributed by atoms with van der Waals surface area (Å²) in [7, 11) is 1.48. The van der Waals surface area contributed by atoms with Gasteiger partial charge in [0.25, 0.3) is 5.56 Å². The zero-order chi connectivity index (χ0) is 16.4. The normalized spacial score (nSPS) is 10.7. The lowest BCUT2D eigenvalue weighted by atomic mass is 10.1. The van der Waals surface area contributed by atoms with Gasteiger partial charge in [-0.25, -0.2) is 0 Å². The molecule has 0 fully saturated rings. The van der Waals surface area contributed by atoms with Crippen molar-refractivity contribution >= 4 is 17.1 Å². The van der Waals surface area contributed by atoms with Gasteiger partial charge in [-0.05, 0) is 41.3 Å². The average molecular weight is 309 g/mol. The molecule has 0 unspecified atom stereocenters. The Hall–Kier alpha value is -2.92. The van der Waals surface area contributed by atoms with Crippen molar-refractivity contribution < 1.29 is 14.6 Å². The number of aldehydes is 1. The van der Waals surface area contributed by atoms with E-state index in [1.54, 1.807) is 42.6 Å². The first-order chi connectivity index (χ1) is 11.2. The van der Waals surface area contributed by atoms with E-state index in [2.05, 4.69) is 0 Å². The number of aliphatic hydroxyl groups excluding tert-OH is 1. The lowest BCUT2D eigenvalue weighted by Gasteiger charge is -2.10. The van der Waals surface area contributed by atoms with E-state index >= 15 is 0 Å². The van der Waals surface area contributed by atoms with Crippen LogP contribution in [-0.4, -0.2) is 23.1 Å². The van der Waals surface area contributed by atoms with E-state index in [0.717, 1.165) is 10.9 Å². The van der Waals surface area contributed by atoms with Crippen LogP contribution in [0.3, 0.4) is 0 Å². The number of aliphatic hydroxyl groups is 1. The predicted molar refractivity (Wildman–Crippen MR) is 87.4 cm³/mol. The van der Waals surface area contributed by atoms with Gasteiger partial charge in [-0.2, -0.15) is 0 Å². The van der Waals surface area contributed by atoms with Crippen LogP contribution >= 0.6 is 0 Å². The lowest BCUT2D eigenvalue weighted by Crippen LogP contribution is -2.17. The molecule has 0 amide bonds. The Morgan fingerprint density at radius 2 is 2.00 bits per heavy atom. The van der Waals surface area contributed by atoms with Crippen molar-refractivity contribution in [2.24, 2.45) is 0 Å². The highest BCUT2D eigenvalue weighted by molar-refractivity contribution is 5.83. The molecular formula is C18H15NO4. The summed E-state index contributed by atoms with van der Waals surface area (Å²) in [5, 5.41) is 10.5. The molecular weight excluding hydrogens is 294 g/mol. The van der Waals surface area contributed by atoms with Crippen molar-refractivity contribution in [1.29, 1.82) is 0 Å². The molecule has 23 heavy (non-hydrogen) atoms. The highest BCUT2D eigenvalue weighted by Crippen LogP contribution is 2.21. The van der Waals surface area contributed by atoms with Gasteiger partial charge in [0.05, 0.1) is 25.0 Å². The molecule has 2 aromatic carbocycles.